The number of halogens is 2. The molecule has 1 aliphatic rings. The van der Waals surface area contributed by atoms with Gasteiger partial charge in [-0.3, -0.25) is 9.59 Å². The number of para-hydroxylation sites is 1. The Labute approximate surface area is 205 Å². The smallest absolute Gasteiger partial charge is 0.303 e. The number of hydrogen-bond donors (Lipinski definition) is 2. The second-order valence-electron chi connectivity index (χ2n) is 7.96. The van der Waals surface area contributed by atoms with E-state index >= 15 is 0 Å². The first-order valence-electron chi connectivity index (χ1n) is 10.7. The third-order valence-corrected chi connectivity index (χ3v) is 6.11. The molecule has 4 rings (SSSR count). The van der Waals surface area contributed by atoms with Crippen LogP contribution in [-0.4, -0.2) is 22.8 Å². The molecule has 2 N–H and O–H groups in total. The fraction of sp³-hybridized carbons (Fsp3) is 0.280. The summed E-state index contributed by atoms with van der Waals surface area (Å²) in [7, 11) is 0. The summed E-state index contributed by atoms with van der Waals surface area (Å²) in [5, 5.41) is 20.0. The number of aliphatic carboxylic acids is 1. The molecule has 0 radical (unpaired) electrons. The Hall–Kier alpha value is -2.84. The minimum atomic E-state index is -1.03. The van der Waals surface area contributed by atoms with E-state index in [1.807, 2.05) is 6.08 Å². The van der Waals surface area contributed by atoms with Gasteiger partial charge in [-0.05, 0) is 31.0 Å². The zero-order chi connectivity index (χ0) is 24.2. The Morgan fingerprint density at radius 1 is 1.15 bits per heavy atom. The minimum Gasteiger partial charge on any atom is -0.508 e. The molecule has 3 atom stereocenters. The van der Waals surface area contributed by atoms with Crippen molar-refractivity contribution in [2.24, 2.45) is 5.92 Å². The summed E-state index contributed by atoms with van der Waals surface area (Å²) in [5.74, 6) is -0.972. The highest BCUT2D eigenvalue weighted by molar-refractivity contribution is 6.38. The molecular formula is C25H22Cl2O7. The van der Waals surface area contributed by atoms with Crippen LogP contribution in [0, 0.1) is 5.92 Å². The number of phenolic OH excluding ortho intramolecular Hbond substituents is 1. The predicted molar refractivity (Wildman–Crippen MR) is 127 cm³/mol. The van der Waals surface area contributed by atoms with Crippen LogP contribution < -0.4 is 5.43 Å². The van der Waals surface area contributed by atoms with Gasteiger partial charge in [0.05, 0.1) is 28.7 Å². The molecule has 3 aromatic rings. The Balaban J connectivity index is 1.63. The summed E-state index contributed by atoms with van der Waals surface area (Å²) in [6, 6.07) is 9.79. The Bertz CT molecular complexity index is 1280. The number of fused-ring (bicyclic) bond motifs is 1. The average molecular weight is 505 g/mol. The number of carbonyl (C=O) groups is 1. The zero-order valence-electron chi connectivity index (χ0n) is 17.9. The standard InChI is InChI=1S/C25H22Cl2O7/c26-15-10-17-22(31)18(13-32-24(17)19(27)11-15)25-33-12-14(6-2-1-3-9-21(29)30)23(34-25)16-7-4-5-8-20(16)28/h1-2,4-5,7-8,10-11,13-14,23,25,28H,3,6,9,12H2,(H,29,30)/b2-1-/t14-,23+,25+/m1/s1. The molecular weight excluding hydrogens is 483 g/mol. The van der Waals surface area contributed by atoms with E-state index in [0.717, 1.165) is 0 Å². The lowest BCUT2D eigenvalue weighted by Gasteiger charge is -2.36. The average Bonchev–Trinajstić information content (AvgIpc) is 2.80. The minimum absolute atomic E-state index is 0.0465. The second kappa shape index (κ2) is 10.6. The van der Waals surface area contributed by atoms with Crippen LogP contribution in [0.1, 0.15) is 42.8 Å². The van der Waals surface area contributed by atoms with E-state index < -0.39 is 18.4 Å². The lowest BCUT2D eigenvalue weighted by atomic mass is 9.91. The highest BCUT2D eigenvalue weighted by Crippen LogP contribution is 2.42. The molecule has 178 valence electrons. The number of carboxylic acid groups (broad SMARTS) is 1. The van der Waals surface area contributed by atoms with Gasteiger partial charge in [-0.25, -0.2) is 0 Å². The predicted octanol–water partition coefficient (Wildman–Crippen LogP) is 6.02. The summed E-state index contributed by atoms with van der Waals surface area (Å²) >= 11 is 12.2. The quantitative estimate of drug-likeness (QED) is 0.378. The van der Waals surface area contributed by atoms with Gasteiger partial charge in [0.15, 0.2) is 11.9 Å². The number of aromatic hydroxyl groups is 1. The highest BCUT2D eigenvalue weighted by Gasteiger charge is 2.36. The van der Waals surface area contributed by atoms with E-state index in [1.165, 1.54) is 18.4 Å². The molecule has 0 unspecified atom stereocenters. The molecule has 0 spiro atoms. The van der Waals surface area contributed by atoms with Crippen molar-refractivity contribution in [3.05, 3.63) is 86.2 Å². The van der Waals surface area contributed by atoms with Gasteiger partial charge in [0.2, 0.25) is 5.43 Å². The van der Waals surface area contributed by atoms with Crippen LogP contribution in [0.5, 0.6) is 5.75 Å². The molecule has 9 heteroatoms. The van der Waals surface area contributed by atoms with Gasteiger partial charge in [-0.2, -0.15) is 0 Å². The fourth-order valence-electron chi connectivity index (χ4n) is 3.93. The second-order valence-corrected chi connectivity index (χ2v) is 8.81. The van der Waals surface area contributed by atoms with Gasteiger partial charge in [0, 0.05) is 22.9 Å². The van der Waals surface area contributed by atoms with Gasteiger partial charge < -0.3 is 24.1 Å². The molecule has 2 heterocycles. The number of carboxylic acids is 1. The van der Waals surface area contributed by atoms with Gasteiger partial charge >= 0.3 is 5.97 Å². The highest BCUT2D eigenvalue weighted by atomic mass is 35.5. The number of rotatable bonds is 7. The molecule has 7 nitrogen and oxygen atoms in total. The molecule has 0 amide bonds. The largest absolute Gasteiger partial charge is 0.508 e. The number of hydrogen-bond acceptors (Lipinski definition) is 6. The summed E-state index contributed by atoms with van der Waals surface area (Å²) in [6.07, 6.45) is 4.32. The molecule has 1 aliphatic heterocycles. The van der Waals surface area contributed by atoms with E-state index in [9.17, 15) is 14.7 Å². The van der Waals surface area contributed by atoms with Gasteiger partial charge in [-0.15, -0.1) is 0 Å². The molecule has 2 aromatic carbocycles. The van der Waals surface area contributed by atoms with E-state index in [0.29, 0.717) is 23.4 Å². The van der Waals surface area contributed by atoms with Crippen molar-refractivity contribution in [2.75, 3.05) is 6.61 Å². The molecule has 0 aliphatic carbocycles. The van der Waals surface area contributed by atoms with Crippen LogP contribution in [0.15, 0.2) is 64.0 Å². The zero-order valence-corrected chi connectivity index (χ0v) is 19.5. The van der Waals surface area contributed by atoms with Crippen LogP contribution >= 0.6 is 23.2 Å². The maximum absolute atomic E-state index is 13.2. The maximum atomic E-state index is 13.2. The van der Waals surface area contributed by atoms with Crippen molar-refractivity contribution >= 4 is 40.1 Å². The SMILES string of the molecule is O=C(O)CC/C=C\C[C@@H]1CO[C@H](c2coc3c(Cl)cc(Cl)cc3c2=O)O[C@@H]1c1ccccc1O. The summed E-state index contributed by atoms with van der Waals surface area (Å²) in [4.78, 5) is 23.9. The van der Waals surface area contributed by atoms with Crippen molar-refractivity contribution in [3.63, 3.8) is 0 Å². The first kappa shape index (κ1) is 24.3. The molecule has 1 aromatic heterocycles. The molecule has 1 saturated heterocycles. The van der Waals surface area contributed by atoms with Crippen molar-refractivity contribution in [1.29, 1.82) is 0 Å². The lowest BCUT2D eigenvalue weighted by molar-refractivity contribution is -0.244. The Kier molecular flexibility index (Phi) is 7.58. The van der Waals surface area contributed by atoms with Gasteiger partial charge in [-0.1, -0.05) is 53.6 Å². The summed E-state index contributed by atoms with van der Waals surface area (Å²) < 4.78 is 17.7. The van der Waals surface area contributed by atoms with Crippen molar-refractivity contribution in [2.45, 2.75) is 31.7 Å². The van der Waals surface area contributed by atoms with Crippen LogP contribution in [0.2, 0.25) is 10.0 Å². The van der Waals surface area contributed by atoms with Crippen molar-refractivity contribution < 1.29 is 28.9 Å². The fourth-order valence-corrected chi connectivity index (χ4v) is 4.47. The third kappa shape index (κ3) is 5.28. The van der Waals surface area contributed by atoms with Crippen molar-refractivity contribution in [1.82, 2.24) is 0 Å². The van der Waals surface area contributed by atoms with E-state index in [4.69, 9.17) is 42.2 Å². The Morgan fingerprint density at radius 3 is 2.71 bits per heavy atom. The van der Waals surface area contributed by atoms with Gasteiger partial charge in [0.25, 0.3) is 0 Å². The number of allylic oxidation sites excluding steroid dienone is 2. The molecule has 0 bridgehead atoms. The normalized spacial score (nSPS) is 20.7. The van der Waals surface area contributed by atoms with Crippen LogP contribution in [0.3, 0.4) is 0 Å². The number of phenols is 1. The molecule has 0 saturated carbocycles. The summed E-state index contributed by atoms with van der Waals surface area (Å²) in [6.45, 7) is 0.237. The van der Waals surface area contributed by atoms with E-state index in [2.05, 4.69) is 0 Å². The number of ether oxygens (including phenoxy) is 2. The molecule has 34 heavy (non-hydrogen) atoms. The molecule has 1 fully saturated rings. The summed E-state index contributed by atoms with van der Waals surface area (Å²) in [5.41, 5.74) is 0.564. The van der Waals surface area contributed by atoms with Crippen molar-refractivity contribution in [3.8, 4) is 5.75 Å². The topological polar surface area (TPSA) is 106 Å². The van der Waals surface area contributed by atoms with Crippen LogP contribution in [0.4, 0.5) is 0 Å². The maximum Gasteiger partial charge on any atom is 0.303 e. The van der Waals surface area contributed by atoms with Crippen LogP contribution in [0.25, 0.3) is 11.0 Å². The monoisotopic (exact) mass is 504 g/mol. The first-order chi connectivity index (χ1) is 16.3. The van der Waals surface area contributed by atoms with E-state index in [-0.39, 0.29) is 51.7 Å². The first-order valence-corrected chi connectivity index (χ1v) is 11.4. The third-order valence-electron chi connectivity index (χ3n) is 5.61. The lowest BCUT2D eigenvalue weighted by Crippen LogP contribution is -2.32. The van der Waals surface area contributed by atoms with E-state index in [1.54, 1.807) is 30.3 Å². The van der Waals surface area contributed by atoms with Gasteiger partial charge in [0.1, 0.15) is 12.0 Å². The Morgan fingerprint density at radius 2 is 1.94 bits per heavy atom. The van der Waals surface area contributed by atoms with Crippen LogP contribution in [-0.2, 0) is 14.3 Å². The number of benzene rings is 2.